The van der Waals surface area contributed by atoms with Gasteiger partial charge in [0, 0.05) is 14.2 Å². The third-order valence-electron chi connectivity index (χ3n) is 1.37. The molecule has 0 radical (unpaired) electrons. The second-order valence-corrected chi connectivity index (χ2v) is 4.97. The van der Waals surface area contributed by atoms with E-state index in [9.17, 15) is 9.36 Å². The van der Waals surface area contributed by atoms with Gasteiger partial charge in [-0.15, -0.1) is 0 Å². The van der Waals surface area contributed by atoms with E-state index in [4.69, 9.17) is 0 Å². The van der Waals surface area contributed by atoms with Crippen LogP contribution in [0.3, 0.4) is 0 Å². The summed E-state index contributed by atoms with van der Waals surface area (Å²) < 4.78 is 20.4. The van der Waals surface area contributed by atoms with Crippen molar-refractivity contribution in [3.8, 4) is 0 Å². The van der Waals surface area contributed by atoms with Gasteiger partial charge in [-0.05, 0) is 12.0 Å². The fourth-order valence-electron chi connectivity index (χ4n) is 0.621. The molecule has 0 aliphatic carbocycles. The molecule has 0 spiro atoms. The predicted octanol–water partition coefficient (Wildman–Crippen LogP) is 2.21. The van der Waals surface area contributed by atoms with Crippen LogP contribution < -0.4 is 0 Å². The first-order chi connectivity index (χ1) is 5.96. The third-order valence-corrected chi connectivity index (χ3v) is 3.02. The molecule has 5 heteroatoms. The van der Waals surface area contributed by atoms with E-state index in [1.165, 1.54) is 20.3 Å². The van der Waals surface area contributed by atoms with Crippen molar-refractivity contribution >= 4 is 13.1 Å². The molecule has 0 unspecified atom stereocenters. The maximum Gasteiger partial charge on any atom is 0.400 e. The van der Waals surface area contributed by atoms with Crippen LogP contribution in [-0.4, -0.2) is 19.7 Å². The molecule has 0 bridgehead atoms. The average molecular weight is 206 g/mol. The quantitative estimate of drug-likeness (QED) is 0.511. The summed E-state index contributed by atoms with van der Waals surface area (Å²) in [5.74, 6) is 0.228. The van der Waals surface area contributed by atoms with E-state index in [1.807, 2.05) is 13.8 Å². The first-order valence-corrected chi connectivity index (χ1v) is 5.44. The van der Waals surface area contributed by atoms with Crippen LogP contribution in [0.15, 0.2) is 12.2 Å². The summed E-state index contributed by atoms with van der Waals surface area (Å²) in [5, 5.41) is 0. The zero-order valence-electron chi connectivity index (χ0n) is 8.31. The fraction of sp³-hybridized carbons (Fsp3) is 0.625. The Labute approximate surface area is 78.5 Å². The second kappa shape index (κ2) is 5.32. The zero-order chi connectivity index (χ0) is 10.5. The number of allylic oxidation sites excluding steroid dienone is 2. The highest BCUT2D eigenvalue weighted by Crippen LogP contribution is 2.47. The molecule has 0 aliphatic heterocycles. The van der Waals surface area contributed by atoms with Gasteiger partial charge in [0.25, 0.3) is 5.52 Å². The van der Waals surface area contributed by atoms with Crippen molar-refractivity contribution in [2.24, 2.45) is 5.92 Å². The van der Waals surface area contributed by atoms with Crippen LogP contribution in [0.2, 0.25) is 0 Å². The van der Waals surface area contributed by atoms with Crippen LogP contribution in [0.25, 0.3) is 0 Å². The van der Waals surface area contributed by atoms with E-state index >= 15 is 0 Å². The summed E-state index contributed by atoms with van der Waals surface area (Å²) >= 11 is 0. The van der Waals surface area contributed by atoms with E-state index in [2.05, 4.69) is 9.05 Å². The Kier molecular flexibility index (Phi) is 5.14. The summed E-state index contributed by atoms with van der Waals surface area (Å²) in [4.78, 5) is 11.2. The number of carbonyl (C=O) groups excluding carboxylic acids is 1. The minimum atomic E-state index is -3.55. The van der Waals surface area contributed by atoms with Gasteiger partial charge < -0.3 is 9.05 Å². The molecule has 0 rings (SSSR count). The Bertz CT molecular complexity index is 237. The molecule has 76 valence electrons. The summed E-state index contributed by atoms with van der Waals surface area (Å²) in [5.41, 5.74) is -0.619. The number of hydrogen-bond donors (Lipinski definition) is 0. The Hall–Kier alpha value is -0.440. The smallest absolute Gasteiger partial charge is 0.306 e. The van der Waals surface area contributed by atoms with Crippen molar-refractivity contribution < 1.29 is 18.4 Å². The monoisotopic (exact) mass is 206 g/mol. The zero-order valence-corrected chi connectivity index (χ0v) is 9.21. The van der Waals surface area contributed by atoms with Crippen LogP contribution in [-0.2, 0) is 18.4 Å². The highest BCUT2D eigenvalue weighted by atomic mass is 31.2. The van der Waals surface area contributed by atoms with Gasteiger partial charge in [-0.3, -0.25) is 9.36 Å². The Balaban J connectivity index is 4.50. The van der Waals surface area contributed by atoms with Crippen molar-refractivity contribution in [1.82, 2.24) is 0 Å². The molecule has 0 aliphatic rings. The highest BCUT2D eigenvalue weighted by Gasteiger charge is 2.29. The van der Waals surface area contributed by atoms with E-state index in [-0.39, 0.29) is 5.92 Å². The molecule has 0 N–H and O–H groups in total. The first-order valence-electron chi connectivity index (χ1n) is 3.90. The van der Waals surface area contributed by atoms with Gasteiger partial charge in [0.05, 0.1) is 0 Å². The van der Waals surface area contributed by atoms with Crippen molar-refractivity contribution in [3.63, 3.8) is 0 Å². The van der Waals surface area contributed by atoms with Gasteiger partial charge in [0.2, 0.25) is 0 Å². The van der Waals surface area contributed by atoms with Gasteiger partial charge in [-0.1, -0.05) is 19.9 Å². The Morgan fingerprint density at radius 1 is 1.31 bits per heavy atom. The SMILES string of the molecule is COP(=O)(OC)C(=O)C=CC(C)C. The minimum Gasteiger partial charge on any atom is -0.306 e. The lowest BCUT2D eigenvalue weighted by atomic mass is 10.2. The van der Waals surface area contributed by atoms with E-state index in [0.717, 1.165) is 0 Å². The summed E-state index contributed by atoms with van der Waals surface area (Å²) in [6, 6.07) is 0. The predicted molar refractivity (Wildman–Crippen MR) is 50.6 cm³/mol. The molecule has 0 aromatic carbocycles. The van der Waals surface area contributed by atoms with Crippen LogP contribution in [0.5, 0.6) is 0 Å². The highest BCUT2D eigenvalue weighted by molar-refractivity contribution is 7.72. The Morgan fingerprint density at radius 3 is 2.08 bits per heavy atom. The Morgan fingerprint density at radius 2 is 1.77 bits per heavy atom. The molecular weight excluding hydrogens is 191 g/mol. The van der Waals surface area contributed by atoms with Gasteiger partial charge in [-0.2, -0.15) is 0 Å². The first kappa shape index (κ1) is 12.6. The number of carbonyl (C=O) groups is 1. The molecule has 0 saturated heterocycles. The summed E-state index contributed by atoms with van der Waals surface area (Å²) in [6.07, 6.45) is 2.88. The van der Waals surface area contributed by atoms with Gasteiger partial charge >= 0.3 is 7.60 Å². The maximum absolute atomic E-state index is 11.4. The molecule has 13 heavy (non-hydrogen) atoms. The van der Waals surface area contributed by atoms with Crippen LogP contribution >= 0.6 is 7.60 Å². The van der Waals surface area contributed by atoms with Crippen molar-refractivity contribution in [3.05, 3.63) is 12.2 Å². The lowest BCUT2D eigenvalue weighted by molar-refractivity contribution is -0.109. The van der Waals surface area contributed by atoms with Gasteiger partial charge in [-0.25, -0.2) is 0 Å². The largest absolute Gasteiger partial charge is 0.400 e. The summed E-state index contributed by atoms with van der Waals surface area (Å²) in [6.45, 7) is 3.82. The minimum absolute atomic E-state index is 0.228. The molecular formula is C8H15O4P. The molecule has 0 heterocycles. The molecule has 0 fully saturated rings. The van der Waals surface area contributed by atoms with Gasteiger partial charge in [0.15, 0.2) is 0 Å². The fourth-order valence-corrected chi connectivity index (χ4v) is 1.40. The van der Waals surface area contributed by atoms with Crippen molar-refractivity contribution in [1.29, 1.82) is 0 Å². The number of hydrogen-bond acceptors (Lipinski definition) is 4. The summed E-state index contributed by atoms with van der Waals surface area (Å²) in [7, 11) is -1.18. The lowest BCUT2D eigenvalue weighted by Gasteiger charge is -2.08. The van der Waals surface area contributed by atoms with Crippen molar-refractivity contribution in [2.45, 2.75) is 13.8 Å². The van der Waals surface area contributed by atoms with Crippen LogP contribution in [0.1, 0.15) is 13.8 Å². The average Bonchev–Trinajstić information content (AvgIpc) is 2.12. The van der Waals surface area contributed by atoms with Crippen LogP contribution in [0.4, 0.5) is 0 Å². The maximum atomic E-state index is 11.4. The lowest BCUT2D eigenvalue weighted by Crippen LogP contribution is -2.00. The van der Waals surface area contributed by atoms with E-state index < -0.39 is 13.1 Å². The molecule has 0 aromatic heterocycles. The van der Waals surface area contributed by atoms with E-state index in [0.29, 0.717) is 0 Å². The molecule has 0 atom stereocenters. The van der Waals surface area contributed by atoms with Gasteiger partial charge in [0.1, 0.15) is 0 Å². The van der Waals surface area contributed by atoms with Crippen LogP contribution in [0, 0.1) is 5.92 Å². The standard InChI is InChI=1S/C8H15O4P/c1-7(2)5-6-8(9)13(10,11-3)12-4/h5-7H,1-4H3. The topological polar surface area (TPSA) is 52.6 Å². The number of rotatable bonds is 5. The normalized spacial score (nSPS) is 12.7. The van der Waals surface area contributed by atoms with Crippen molar-refractivity contribution in [2.75, 3.05) is 14.2 Å². The molecule has 4 nitrogen and oxygen atoms in total. The molecule has 0 saturated carbocycles. The van der Waals surface area contributed by atoms with E-state index in [1.54, 1.807) is 6.08 Å². The molecule has 0 amide bonds. The second-order valence-electron chi connectivity index (χ2n) is 2.80. The molecule has 0 aromatic rings. The third kappa shape index (κ3) is 3.85.